The third kappa shape index (κ3) is 1.74. The molecular formula is C12H12N2O2. The van der Waals surface area contributed by atoms with Crippen LogP contribution in [0.3, 0.4) is 0 Å². The summed E-state index contributed by atoms with van der Waals surface area (Å²) in [4.78, 5) is 19.4. The number of carboxylic acid groups (broad SMARTS) is 1. The second-order valence-corrected chi connectivity index (χ2v) is 3.57. The second-order valence-electron chi connectivity index (χ2n) is 3.57. The smallest absolute Gasteiger partial charge is 0.310 e. The van der Waals surface area contributed by atoms with Gasteiger partial charge in [-0.1, -0.05) is 6.92 Å². The number of aliphatic carboxylic acids is 1. The molecule has 1 atom stereocenters. The first-order valence-corrected chi connectivity index (χ1v) is 5.16. The molecule has 1 unspecified atom stereocenters. The van der Waals surface area contributed by atoms with Crippen molar-refractivity contribution >= 4 is 17.0 Å². The topological polar surface area (TPSA) is 63.1 Å². The van der Waals surface area contributed by atoms with Crippen LogP contribution in [0.15, 0.2) is 30.6 Å². The minimum Gasteiger partial charge on any atom is -0.481 e. The van der Waals surface area contributed by atoms with E-state index < -0.39 is 11.9 Å². The number of fused-ring (bicyclic) bond motifs is 1. The van der Waals surface area contributed by atoms with Crippen LogP contribution in [0.4, 0.5) is 0 Å². The SMILES string of the molecule is CCC(C(=O)O)c1ccnc2ncccc12. The fraction of sp³-hybridized carbons (Fsp3) is 0.250. The molecule has 0 aliphatic rings. The third-order valence-electron chi connectivity index (χ3n) is 2.63. The Bertz CT molecular complexity index is 520. The lowest BCUT2D eigenvalue weighted by molar-refractivity contribution is -0.138. The molecule has 0 aromatic carbocycles. The second kappa shape index (κ2) is 4.26. The number of hydrogen-bond acceptors (Lipinski definition) is 3. The van der Waals surface area contributed by atoms with Gasteiger partial charge in [-0.25, -0.2) is 9.97 Å². The predicted molar refractivity (Wildman–Crippen MR) is 60.2 cm³/mol. The van der Waals surface area contributed by atoms with Gasteiger partial charge in [-0.2, -0.15) is 0 Å². The molecular weight excluding hydrogens is 204 g/mol. The Balaban J connectivity index is 2.63. The minimum absolute atomic E-state index is 0.491. The summed E-state index contributed by atoms with van der Waals surface area (Å²) in [6.07, 6.45) is 3.82. The molecule has 0 aliphatic heterocycles. The molecule has 0 saturated carbocycles. The average molecular weight is 216 g/mol. The normalized spacial score (nSPS) is 12.6. The molecule has 2 aromatic heterocycles. The summed E-state index contributed by atoms with van der Waals surface area (Å²) < 4.78 is 0. The van der Waals surface area contributed by atoms with E-state index in [-0.39, 0.29) is 0 Å². The lowest BCUT2D eigenvalue weighted by atomic mass is 9.95. The summed E-state index contributed by atoms with van der Waals surface area (Å²) in [7, 11) is 0. The fourth-order valence-electron chi connectivity index (χ4n) is 1.83. The standard InChI is InChI=1S/C12H12N2O2/c1-2-8(12(15)16)9-5-7-14-11-10(9)4-3-6-13-11/h3-8H,2H2,1H3,(H,15,16). The van der Waals surface area contributed by atoms with Crippen LogP contribution >= 0.6 is 0 Å². The maximum Gasteiger partial charge on any atom is 0.310 e. The summed E-state index contributed by atoms with van der Waals surface area (Å²) in [5.74, 6) is -1.30. The quantitative estimate of drug-likeness (QED) is 0.854. The van der Waals surface area contributed by atoms with Crippen LogP contribution in [-0.2, 0) is 4.79 Å². The van der Waals surface area contributed by atoms with Crippen molar-refractivity contribution in [1.82, 2.24) is 9.97 Å². The van der Waals surface area contributed by atoms with E-state index in [0.29, 0.717) is 12.1 Å². The summed E-state index contributed by atoms with van der Waals surface area (Å²) in [5.41, 5.74) is 1.38. The molecule has 2 aromatic rings. The van der Waals surface area contributed by atoms with E-state index in [9.17, 15) is 4.79 Å². The van der Waals surface area contributed by atoms with Gasteiger partial charge in [0.05, 0.1) is 5.92 Å². The van der Waals surface area contributed by atoms with E-state index in [0.717, 1.165) is 10.9 Å². The van der Waals surface area contributed by atoms with Crippen molar-refractivity contribution in [2.24, 2.45) is 0 Å². The Labute approximate surface area is 93.0 Å². The van der Waals surface area contributed by atoms with Crippen molar-refractivity contribution in [1.29, 1.82) is 0 Å². The van der Waals surface area contributed by atoms with Gasteiger partial charge in [-0.15, -0.1) is 0 Å². The highest BCUT2D eigenvalue weighted by molar-refractivity contribution is 5.86. The van der Waals surface area contributed by atoms with Gasteiger partial charge in [0.2, 0.25) is 0 Å². The minimum atomic E-state index is -0.807. The van der Waals surface area contributed by atoms with Crippen LogP contribution in [0.5, 0.6) is 0 Å². The van der Waals surface area contributed by atoms with Gasteiger partial charge < -0.3 is 5.11 Å². The van der Waals surface area contributed by atoms with Crippen LogP contribution in [0, 0.1) is 0 Å². The maximum absolute atomic E-state index is 11.1. The van der Waals surface area contributed by atoms with Crippen molar-refractivity contribution in [2.75, 3.05) is 0 Å². The molecule has 0 saturated heterocycles. The Kier molecular flexibility index (Phi) is 2.81. The van der Waals surface area contributed by atoms with Gasteiger partial charge in [-0.3, -0.25) is 4.79 Å². The third-order valence-corrected chi connectivity index (χ3v) is 2.63. The molecule has 0 bridgehead atoms. The molecule has 4 heteroatoms. The Hall–Kier alpha value is -1.97. The molecule has 82 valence electrons. The molecule has 0 spiro atoms. The summed E-state index contributed by atoms with van der Waals surface area (Å²) >= 11 is 0. The zero-order valence-electron chi connectivity index (χ0n) is 8.92. The van der Waals surface area contributed by atoms with Crippen LogP contribution in [0.1, 0.15) is 24.8 Å². The van der Waals surface area contributed by atoms with Gasteiger partial charge >= 0.3 is 5.97 Å². The average Bonchev–Trinajstić information content (AvgIpc) is 2.30. The van der Waals surface area contributed by atoms with Crippen molar-refractivity contribution < 1.29 is 9.90 Å². The summed E-state index contributed by atoms with van der Waals surface area (Å²) in [6.45, 7) is 1.86. The van der Waals surface area contributed by atoms with Crippen LogP contribution in [-0.4, -0.2) is 21.0 Å². The molecule has 0 radical (unpaired) electrons. The Morgan fingerprint density at radius 3 is 2.81 bits per heavy atom. The molecule has 16 heavy (non-hydrogen) atoms. The fourth-order valence-corrected chi connectivity index (χ4v) is 1.83. The van der Waals surface area contributed by atoms with Gasteiger partial charge in [0.25, 0.3) is 0 Å². The summed E-state index contributed by atoms with van der Waals surface area (Å²) in [5, 5.41) is 9.96. The maximum atomic E-state index is 11.1. The molecule has 1 N–H and O–H groups in total. The number of aromatic nitrogens is 2. The Morgan fingerprint density at radius 2 is 2.12 bits per heavy atom. The van der Waals surface area contributed by atoms with E-state index >= 15 is 0 Å². The Morgan fingerprint density at radius 1 is 1.38 bits per heavy atom. The van der Waals surface area contributed by atoms with Crippen molar-refractivity contribution in [3.05, 3.63) is 36.2 Å². The highest BCUT2D eigenvalue weighted by Crippen LogP contribution is 2.25. The number of nitrogens with zero attached hydrogens (tertiary/aromatic N) is 2. The van der Waals surface area contributed by atoms with E-state index in [4.69, 9.17) is 5.11 Å². The monoisotopic (exact) mass is 216 g/mol. The van der Waals surface area contributed by atoms with E-state index in [1.165, 1.54) is 0 Å². The number of carboxylic acids is 1. The lowest BCUT2D eigenvalue weighted by Gasteiger charge is -2.11. The zero-order valence-corrected chi connectivity index (χ0v) is 8.92. The largest absolute Gasteiger partial charge is 0.481 e. The highest BCUT2D eigenvalue weighted by atomic mass is 16.4. The predicted octanol–water partition coefficient (Wildman–Crippen LogP) is 2.21. The van der Waals surface area contributed by atoms with Crippen molar-refractivity contribution in [3.8, 4) is 0 Å². The summed E-state index contributed by atoms with van der Waals surface area (Å²) in [6, 6.07) is 5.41. The van der Waals surface area contributed by atoms with E-state index in [2.05, 4.69) is 9.97 Å². The molecule has 0 amide bonds. The van der Waals surface area contributed by atoms with Crippen LogP contribution in [0.25, 0.3) is 11.0 Å². The lowest BCUT2D eigenvalue weighted by Crippen LogP contribution is -2.11. The van der Waals surface area contributed by atoms with Crippen LogP contribution in [0.2, 0.25) is 0 Å². The zero-order chi connectivity index (χ0) is 11.5. The number of rotatable bonds is 3. The van der Waals surface area contributed by atoms with Gasteiger partial charge in [0, 0.05) is 17.8 Å². The first kappa shape index (κ1) is 10.5. The molecule has 4 nitrogen and oxygen atoms in total. The molecule has 0 aliphatic carbocycles. The van der Waals surface area contributed by atoms with Crippen molar-refractivity contribution in [3.63, 3.8) is 0 Å². The van der Waals surface area contributed by atoms with Crippen LogP contribution < -0.4 is 0 Å². The van der Waals surface area contributed by atoms with Gasteiger partial charge in [-0.05, 0) is 30.2 Å². The molecule has 2 rings (SSSR count). The van der Waals surface area contributed by atoms with Gasteiger partial charge in [0.15, 0.2) is 5.65 Å². The highest BCUT2D eigenvalue weighted by Gasteiger charge is 2.19. The number of carbonyl (C=O) groups is 1. The molecule has 2 heterocycles. The van der Waals surface area contributed by atoms with E-state index in [1.807, 2.05) is 13.0 Å². The van der Waals surface area contributed by atoms with Gasteiger partial charge in [0.1, 0.15) is 0 Å². The number of pyridine rings is 2. The first-order chi connectivity index (χ1) is 7.74. The van der Waals surface area contributed by atoms with Crippen molar-refractivity contribution in [2.45, 2.75) is 19.3 Å². The number of hydrogen-bond donors (Lipinski definition) is 1. The first-order valence-electron chi connectivity index (χ1n) is 5.16. The molecule has 0 fully saturated rings. The van der Waals surface area contributed by atoms with E-state index in [1.54, 1.807) is 24.5 Å².